The Kier molecular flexibility index (Phi) is 3.71. The second kappa shape index (κ2) is 5.10. The van der Waals surface area contributed by atoms with E-state index in [4.69, 9.17) is 5.73 Å². The number of anilines is 1. The van der Waals surface area contributed by atoms with Gasteiger partial charge in [-0.25, -0.2) is 0 Å². The van der Waals surface area contributed by atoms with Crippen LogP contribution in [0.2, 0.25) is 0 Å². The zero-order valence-electron chi connectivity index (χ0n) is 10.6. The molecule has 98 valence electrons. The number of aryl methyl sites for hydroxylation is 1. The molecule has 1 aliphatic rings. The van der Waals surface area contributed by atoms with Gasteiger partial charge in [-0.05, 0) is 44.4 Å². The summed E-state index contributed by atoms with van der Waals surface area (Å²) in [7, 11) is -1.40. The standard InChI is InChI=1S/C13H18N2O2S/c1-8-3-6-12(11(14)7-8)18(17)9(2)13(16)15-10-4-5-10/h3,6-7,9-10H,4-5,14H2,1-2H3,(H,15,16). The van der Waals surface area contributed by atoms with Gasteiger partial charge in [0.25, 0.3) is 0 Å². The Morgan fingerprint density at radius 3 is 2.72 bits per heavy atom. The topological polar surface area (TPSA) is 72.2 Å². The molecule has 1 fully saturated rings. The first-order valence-corrected chi connectivity index (χ1v) is 7.27. The normalized spacial score (nSPS) is 18.1. The van der Waals surface area contributed by atoms with Gasteiger partial charge in [-0.3, -0.25) is 9.00 Å². The maximum atomic E-state index is 12.3. The third kappa shape index (κ3) is 2.90. The predicted octanol–water partition coefficient (Wildman–Crippen LogP) is 1.35. The van der Waals surface area contributed by atoms with Gasteiger partial charge in [0.05, 0.1) is 15.7 Å². The average molecular weight is 266 g/mol. The van der Waals surface area contributed by atoms with Gasteiger partial charge in [-0.2, -0.15) is 0 Å². The van der Waals surface area contributed by atoms with Gasteiger partial charge in [0.15, 0.2) is 0 Å². The smallest absolute Gasteiger partial charge is 0.236 e. The van der Waals surface area contributed by atoms with Crippen LogP contribution in [0.1, 0.15) is 25.3 Å². The number of nitrogens with two attached hydrogens (primary N) is 1. The van der Waals surface area contributed by atoms with Gasteiger partial charge in [0.1, 0.15) is 5.25 Å². The third-order valence-corrected chi connectivity index (χ3v) is 4.66. The van der Waals surface area contributed by atoms with Gasteiger partial charge in [-0.15, -0.1) is 0 Å². The summed E-state index contributed by atoms with van der Waals surface area (Å²) in [6.07, 6.45) is 2.05. The van der Waals surface area contributed by atoms with E-state index in [9.17, 15) is 9.00 Å². The van der Waals surface area contributed by atoms with Gasteiger partial charge >= 0.3 is 0 Å². The lowest BCUT2D eigenvalue weighted by Crippen LogP contribution is -2.36. The Morgan fingerprint density at radius 2 is 2.17 bits per heavy atom. The van der Waals surface area contributed by atoms with Gasteiger partial charge in [0, 0.05) is 11.7 Å². The predicted molar refractivity (Wildman–Crippen MR) is 72.6 cm³/mol. The zero-order chi connectivity index (χ0) is 13.3. The largest absolute Gasteiger partial charge is 0.398 e. The summed E-state index contributed by atoms with van der Waals surface area (Å²) < 4.78 is 12.3. The highest BCUT2D eigenvalue weighted by molar-refractivity contribution is 7.86. The molecule has 1 aliphatic carbocycles. The fourth-order valence-corrected chi connectivity index (χ4v) is 2.82. The summed E-state index contributed by atoms with van der Waals surface area (Å²) >= 11 is 0. The van der Waals surface area contributed by atoms with Gasteiger partial charge in [-0.1, -0.05) is 6.07 Å². The molecule has 1 aromatic carbocycles. The fraction of sp³-hybridized carbons (Fsp3) is 0.462. The van der Waals surface area contributed by atoms with Crippen LogP contribution in [0.3, 0.4) is 0 Å². The number of hydrogen-bond acceptors (Lipinski definition) is 3. The third-order valence-electron chi connectivity index (χ3n) is 3.00. The molecular formula is C13H18N2O2S. The van der Waals surface area contributed by atoms with Crippen molar-refractivity contribution in [3.8, 4) is 0 Å². The number of carbonyl (C=O) groups excluding carboxylic acids is 1. The molecular weight excluding hydrogens is 248 g/mol. The molecule has 1 saturated carbocycles. The number of nitrogen functional groups attached to an aromatic ring is 1. The van der Waals surface area contributed by atoms with Crippen molar-refractivity contribution < 1.29 is 9.00 Å². The maximum absolute atomic E-state index is 12.3. The molecule has 3 N–H and O–H groups in total. The van der Waals surface area contributed by atoms with E-state index < -0.39 is 16.0 Å². The van der Waals surface area contributed by atoms with Crippen molar-refractivity contribution >= 4 is 22.4 Å². The SMILES string of the molecule is Cc1ccc(S(=O)C(C)C(=O)NC2CC2)c(N)c1. The van der Waals surface area contributed by atoms with Crippen LogP contribution < -0.4 is 11.1 Å². The Hall–Kier alpha value is -1.36. The van der Waals surface area contributed by atoms with Crippen molar-refractivity contribution in [1.29, 1.82) is 0 Å². The van der Waals surface area contributed by atoms with Crippen LogP contribution >= 0.6 is 0 Å². The Bertz CT molecular complexity index is 498. The quantitative estimate of drug-likeness (QED) is 0.808. The molecule has 0 bridgehead atoms. The van der Waals surface area contributed by atoms with Crippen LogP contribution in [0.4, 0.5) is 5.69 Å². The van der Waals surface area contributed by atoms with Crippen LogP contribution in [0.5, 0.6) is 0 Å². The number of nitrogens with one attached hydrogen (secondary N) is 1. The minimum atomic E-state index is -1.40. The molecule has 0 radical (unpaired) electrons. The lowest BCUT2D eigenvalue weighted by atomic mass is 10.2. The first-order chi connectivity index (χ1) is 8.49. The zero-order valence-corrected chi connectivity index (χ0v) is 11.4. The van der Waals surface area contributed by atoms with E-state index >= 15 is 0 Å². The van der Waals surface area contributed by atoms with E-state index in [1.165, 1.54) is 0 Å². The number of benzene rings is 1. The molecule has 0 aromatic heterocycles. The fourth-order valence-electron chi connectivity index (χ4n) is 1.68. The van der Waals surface area contributed by atoms with Crippen LogP contribution in [-0.2, 0) is 15.6 Å². The van der Waals surface area contributed by atoms with Crippen LogP contribution in [0.15, 0.2) is 23.1 Å². The molecule has 18 heavy (non-hydrogen) atoms. The number of amides is 1. The maximum Gasteiger partial charge on any atom is 0.236 e. The van der Waals surface area contributed by atoms with E-state index in [0.717, 1.165) is 18.4 Å². The molecule has 5 heteroatoms. The van der Waals surface area contributed by atoms with E-state index in [1.54, 1.807) is 19.1 Å². The monoisotopic (exact) mass is 266 g/mol. The molecule has 2 unspecified atom stereocenters. The number of carbonyl (C=O) groups is 1. The highest BCUT2D eigenvalue weighted by Crippen LogP contribution is 2.22. The summed E-state index contributed by atoms with van der Waals surface area (Å²) in [6, 6.07) is 5.66. The number of hydrogen-bond donors (Lipinski definition) is 2. The summed E-state index contributed by atoms with van der Waals surface area (Å²) in [5.41, 5.74) is 7.35. The van der Waals surface area contributed by atoms with E-state index in [-0.39, 0.29) is 11.9 Å². The van der Waals surface area contributed by atoms with Crippen molar-refractivity contribution in [2.45, 2.75) is 42.9 Å². The Labute approximate surface area is 109 Å². The summed E-state index contributed by atoms with van der Waals surface area (Å²) in [4.78, 5) is 12.4. The second-order valence-electron chi connectivity index (χ2n) is 4.76. The van der Waals surface area contributed by atoms with E-state index in [2.05, 4.69) is 5.32 Å². The van der Waals surface area contributed by atoms with Crippen LogP contribution in [0, 0.1) is 6.92 Å². The highest BCUT2D eigenvalue weighted by atomic mass is 32.2. The lowest BCUT2D eigenvalue weighted by Gasteiger charge is -2.13. The molecule has 2 rings (SSSR count). The van der Waals surface area contributed by atoms with Crippen molar-refractivity contribution in [2.24, 2.45) is 0 Å². The average Bonchev–Trinajstić information content (AvgIpc) is 3.11. The molecule has 1 amide bonds. The van der Waals surface area contributed by atoms with Crippen molar-refractivity contribution in [1.82, 2.24) is 5.32 Å². The first kappa shape index (κ1) is 13.1. The molecule has 0 spiro atoms. The summed E-state index contributed by atoms with van der Waals surface area (Å²) in [6.45, 7) is 3.60. The highest BCUT2D eigenvalue weighted by Gasteiger charge is 2.29. The number of rotatable bonds is 4. The summed E-state index contributed by atoms with van der Waals surface area (Å²) in [5, 5.41) is 2.29. The minimum absolute atomic E-state index is 0.157. The van der Waals surface area contributed by atoms with Crippen molar-refractivity contribution in [3.05, 3.63) is 23.8 Å². The second-order valence-corrected chi connectivity index (χ2v) is 6.51. The van der Waals surface area contributed by atoms with E-state index in [0.29, 0.717) is 10.6 Å². The molecule has 1 aromatic rings. The van der Waals surface area contributed by atoms with Crippen molar-refractivity contribution in [2.75, 3.05) is 5.73 Å². The van der Waals surface area contributed by atoms with Crippen molar-refractivity contribution in [3.63, 3.8) is 0 Å². The molecule has 0 heterocycles. The summed E-state index contributed by atoms with van der Waals surface area (Å²) in [5.74, 6) is -0.157. The molecule has 0 saturated heterocycles. The van der Waals surface area contributed by atoms with Crippen LogP contribution in [-0.4, -0.2) is 21.4 Å². The van der Waals surface area contributed by atoms with Gasteiger partial charge < -0.3 is 11.1 Å². The van der Waals surface area contributed by atoms with Crippen LogP contribution in [0.25, 0.3) is 0 Å². The molecule has 2 atom stereocenters. The molecule has 4 nitrogen and oxygen atoms in total. The van der Waals surface area contributed by atoms with Gasteiger partial charge in [0.2, 0.25) is 5.91 Å². The Morgan fingerprint density at radius 1 is 1.50 bits per heavy atom. The minimum Gasteiger partial charge on any atom is -0.398 e. The first-order valence-electron chi connectivity index (χ1n) is 6.06. The Balaban J connectivity index is 2.11. The molecule has 0 aliphatic heterocycles. The van der Waals surface area contributed by atoms with E-state index in [1.807, 2.05) is 13.0 Å². The lowest BCUT2D eigenvalue weighted by molar-refractivity contribution is -0.120.